The van der Waals surface area contributed by atoms with Gasteiger partial charge in [0.1, 0.15) is 11.4 Å². The summed E-state index contributed by atoms with van der Waals surface area (Å²) in [5.41, 5.74) is 7.08. The van der Waals surface area contributed by atoms with E-state index in [-0.39, 0.29) is 11.9 Å². The van der Waals surface area contributed by atoms with E-state index in [2.05, 4.69) is 9.98 Å². The lowest BCUT2D eigenvalue weighted by molar-refractivity contribution is -0.133. The Bertz CT molecular complexity index is 914. The molecule has 2 aliphatic rings. The Kier molecular flexibility index (Phi) is 3.04. The van der Waals surface area contributed by atoms with Gasteiger partial charge in [-0.05, 0) is 32.0 Å². The van der Waals surface area contributed by atoms with Crippen LogP contribution in [-0.4, -0.2) is 39.0 Å². The van der Waals surface area contributed by atoms with Gasteiger partial charge in [-0.1, -0.05) is 0 Å². The third kappa shape index (κ3) is 2.15. The molecule has 1 atom stereocenters. The fourth-order valence-corrected chi connectivity index (χ4v) is 3.77. The number of amides is 1. The first-order chi connectivity index (χ1) is 11.7. The van der Waals surface area contributed by atoms with Crippen molar-refractivity contribution in [1.29, 1.82) is 0 Å². The fraction of sp³-hybridized carbons (Fsp3) is 0.389. The van der Waals surface area contributed by atoms with Crippen LogP contribution in [0, 0.1) is 0 Å². The maximum Gasteiger partial charge on any atom is 0.261 e. The number of rotatable bonds is 1. The molecule has 0 fully saturated rings. The van der Waals surface area contributed by atoms with E-state index in [9.17, 15) is 4.79 Å². The molecule has 0 saturated heterocycles. The number of hydrogen-bond acceptors (Lipinski definition) is 5. The number of nitrogens with zero attached hydrogens (tertiary/aromatic N) is 4. The molecule has 1 aromatic carbocycles. The number of carbonyl (C=O) groups is 1. The van der Waals surface area contributed by atoms with Crippen LogP contribution in [0.4, 0.5) is 0 Å². The number of fused-ring (bicyclic) bond motifs is 2. The summed E-state index contributed by atoms with van der Waals surface area (Å²) in [6.45, 7) is 3.92. The van der Waals surface area contributed by atoms with Crippen LogP contribution in [0.15, 0.2) is 35.7 Å². The zero-order chi connectivity index (χ0) is 18.0. The molecule has 0 bridgehead atoms. The molecule has 3 heterocycles. The summed E-state index contributed by atoms with van der Waals surface area (Å²) < 4.78 is 8.06. The van der Waals surface area contributed by atoms with Gasteiger partial charge in [0.25, 0.3) is 5.91 Å². The summed E-state index contributed by atoms with van der Waals surface area (Å²) in [7, 11) is 3.59. The average molecular weight is 339 g/mol. The third-order valence-corrected chi connectivity index (χ3v) is 4.91. The van der Waals surface area contributed by atoms with Crippen molar-refractivity contribution >= 4 is 11.9 Å². The van der Waals surface area contributed by atoms with Crippen molar-refractivity contribution in [1.82, 2.24) is 14.5 Å². The quantitative estimate of drug-likeness (QED) is 0.856. The third-order valence-electron chi connectivity index (χ3n) is 4.91. The van der Waals surface area contributed by atoms with Crippen molar-refractivity contribution in [2.45, 2.75) is 31.4 Å². The molecule has 0 aliphatic carbocycles. The molecule has 2 N–H and O–H groups in total. The number of aromatic nitrogens is 2. The SMILES string of the molecule is CN1C(=O)C2(CC(C)(C)Oc3ccc(-c4cncn4C)cc32)N=C1N. The maximum absolute atomic E-state index is 13.1. The fourth-order valence-electron chi connectivity index (χ4n) is 3.77. The summed E-state index contributed by atoms with van der Waals surface area (Å²) in [5, 5.41) is 0. The first kappa shape index (κ1) is 15.7. The highest BCUT2D eigenvalue weighted by Crippen LogP contribution is 2.49. The molecule has 1 spiro atoms. The van der Waals surface area contributed by atoms with E-state index < -0.39 is 11.1 Å². The summed E-state index contributed by atoms with van der Waals surface area (Å²) in [4.78, 5) is 23.2. The second-order valence-electron chi connectivity index (χ2n) is 7.33. The largest absolute Gasteiger partial charge is 0.487 e. The van der Waals surface area contributed by atoms with Gasteiger partial charge in [0.05, 0.1) is 18.2 Å². The summed E-state index contributed by atoms with van der Waals surface area (Å²) in [5.74, 6) is 0.784. The molecular formula is C18H21N5O2. The minimum atomic E-state index is -1.04. The molecule has 7 nitrogen and oxygen atoms in total. The number of aryl methyl sites for hydroxylation is 1. The van der Waals surface area contributed by atoms with Gasteiger partial charge in [-0.15, -0.1) is 0 Å². The number of hydrogen-bond donors (Lipinski definition) is 1. The van der Waals surface area contributed by atoms with Crippen molar-refractivity contribution in [3.8, 4) is 17.0 Å². The van der Waals surface area contributed by atoms with E-state index in [0.717, 1.165) is 16.8 Å². The molecular weight excluding hydrogens is 318 g/mol. The Labute approximate surface area is 146 Å². The van der Waals surface area contributed by atoms with Crippen LogP contribution in [0.5, 0.6) is 5.75 Å². The van der Waals surface area contributed by atoms with Crippen LogP contribution in [0.2, 0.25) is 0 Å². The van der Waals surface area contributed by atoms with Gasteiger partial charge in [0.2, 0.25) is 0 Å². The normalized spacial score (nSPS) is 24.2. The minimum absolute atomic E-state index is 0.121. The van der Waals surface area contributed by atoms with Gasteiger partial charge in [-0.2, -0.15) is 0 Å². The molecule has 4 rings (SSSR count). The van der Waals surface area contributed by atoms with Crippen molar-refractivity contribution < 1.29 is 9.53 Å². The average Bonchev–Trinajstić information content (AvgIpc) is 3.05. The second-order valence-corrected chi connectivity index (χ2v) is 7.33. The van der Waals surface area contributed by atoms with Gasteiger partial charge >= 0.3 is 0 Å². The first-order valence-corrected chi connectivity index (χ1v) is 8.17. The van der Waals surface area contributed by atoms with Crippen LogP contribution in [0.3, 0.4) is 0 Å². The summed E-state index contributed by atoms with van der Waals surface area (Å²) in [6, 6.07) is 5.84. The highest BCUT2D eigenvalue weighted by atomic mass is 16.5. The number of guanidine groups is 1. The van der Waals surface area contributed by atoms with E-state index in [1.807, 2.05) is 43.7 Å². The van der Waals surface area contributed by atoms with Crippen molar-refractivity contribution in [3.05, 3.63) is 36.3 Å². The summed E-state index contributed by atoms with van der Waals surface area (Å²) >= 11 is 0. The van der Waals surface area contributed by atoms with Gasteiger partial charge in [0.15, 0.2) is 11.5 Å². The lowest BCUT2D eigenvalue weighted by Crippen LogP contribution is -2.49. The van der Waals surface area contributed by atoms with Crippen LogP contribution in [0.25, 0.3) is 11.3 Å². The molecule has 1 unspecified atom stereocenters. The highest BCUT2D eigenvalue weighted by Gasteiger charge is 2.55. The van der Waals surface area contributed by atoms with E-state index in [1.54, 1.807) is 19.6 Å². The smallest absolute Gasteiger partial charge is 0.261 e. The first-order valence-electron chi connectivity index (χ1n) is 8.17. The number of imidazole rings is 1. The number of benzene rings is 1. The predicted molar refractivity (Wildman–Crippen MR) is 94.0 cm³/mol. The minimum Gasteiger partial charge on any atom is -0.487 e. The molecule has 1 aromatic heterocycles. The molecule has 2 aliphatic heterocycles. The van der Waals surface area contributed by atoms with E-state index in [1.165, 1.54) is 4.90 Å². The Morgan fingerprint density at radius 1 is 1.28 bits per heavy atom. The van der Waals surface area contributed by atoms with Gasteiger partial charge in [-0.25, -0.2) is 9.98 Å². The van der Waals surface area contributed by atoms with E-state index >= 15 is 0 Å². The van der Waals surface area contributed by atoms with Crippen LogP contribution >= 0.6 is 0 Å². The summed E-state index contributed by atoms with van der Waals surface area (Å²) in [6.07, 6.45) is 3.97. The van der Waals surface area contributed by atoms with Gasteiger partial charge in [-0.3, -0.25) is 9.69 Å². The molecule has 2 aromatic rings. The standard InChI is InChI=1S/C18H21N5O2/c1-17(2)9-18(15(24)23(4)16(19)21-18)12-7-11(5-6-14(12)25-17)13-8-20-10-22(13)3/h5-8,10H,9H2,1-4H3,(H2,19,21). The number of nitrogens with two attached hydrogens (primary N) is 1. The zero-order valence-electron chi connectivity index (χ0n) is 14.8. The van der Waals surface area contributed by atoms with E-state index in [4.69, 9.17) is 10.5 Å². The van der Waals surface area contributed by atoms with Crippen LogP contribution < -0.4 is 10.5 Å². The molecule has 0 saturated carbocycles. The van der Waals surface area contributed by atoms with Gasteiger partial charge in [0, 0.05) is 31.6 Å². The Balaban J connectivity index is 1.95. The molecule has 0 radical (unpaired) electrons. The zero-order valence-corrected chi connectivity index (χ0v) is 14.8. The Morgan fingerprint density at radius 2 is 2.04 bits per heavy atom. The van der Waals surface area contributed by atoms with Crippen molar-refractivity contribution in [2.75, 3.05) is 7.05 Å². The Hall–Kier alpha value is -2.83. The van der Waals surface area contributed by atoms with Crippen LogP contribution in [0.1, 0.15) is 25.8 Å². The van der Waals surface area contributed by atoms with Gasteiger partial charge < -0.3 is 15.0 Å². The number of carbonyl (C=O) groups excluding carboxylic acids is 1. The maximum atomic E-state index is 13.1. The molecule has 7 heteroatoms. The van der Waals surface area contributed by atoms with Crippen molar-refractivity contribution in [2.24, 2.45) is 17.8 Å². The molecule has 25 heavy (non-hydrogen) atoms. The number of ether oxygens (including phenoxy) is 1. The second kappa shape index (κ2) is 4.84. The number of likely N-dealkylation sites (N-methyl/N-ethyl adjacent to an activating group) is 1. The molecule has 130 valence electrons. The molecule has 1 amide bonds. The topological polar surface area (TPSA) is 85.7 Å². The van der Waals surface area contributed by atoms with Crippen LogP contribution in [-0.2, 0) is 17.4 Å². The highest BCUT2D eigenvalue weighted by molar-refractivity contribution is 6.07. The monoisotopic (exact) mass is 339 g/mol. The predicted octanol–water partition coefficient (Wildman–Crippen LogP) is 1.63. The number of aliphatic imine (C=N–C) groups is 1. The Morgan fingerprint density at radius 3 is 2.64 bits per heavy atom. The lowest BCUT2D eigenvalue weighted by atomic mass is 9.77. The lowest BCUT2D eigenvalue weighted by Gasteiger charge is -2.41. The van der Waals surface area contributed by atoms with E-state index in [0.29, 0.717) is 12.2 Å². The van der Waals surface area contributed by atoms with Crippen molar-refractivity contribution in [3.63, 3.8) is 0 Å².